The Kier molecular flexibility index (Phi) is 6.35. The number of hydrogen-bond donors (Lipinski definition) is 2. The SMILES string of the molecule is O=C(N[C@H](Cc1ccc(F)cc1)C(=O)O)OCc1cc2cc(-c3ccccc3F)ccc2o1. The molecule has 0 fully saturated rings. The molecule has 6 nitrogen and oxygen atoms in total. The van der Waals surface area contributed by atoms with Crippen LogP contribution in [0.5, 0.6) is 0 Å². The van der Waals surface area contributed by atoms with Gasteiger partial charge in [-0.25, -0.2) is 18.4 Å². The number of hydrogen-bond acceptors (Lipinski definition) is 4. The average Bonchev–Trinajstić information content (AvgIpc) is 3.21. The molecule has 4 aromatic rings. The van der Waals surface area contributed by atoms with Gasteiger partial charge < -0.3 is 19.6 Å². The van der Waals surface area contributed by atoms with Crippen molar-refractivity contribution >= 4 is 23.0 Å². The summed E-state index contributed by atoms with van der Waals surface area (Å²) in [5.74, 6) is -1.68. The Morgan fingerprint density at radius 1 is 1.00 bits per heavy atom. The fourth-order valence-electron chi connectivity index (χ4n) is 3.41. The van der Waals surface area contributed by atoms with E-state index in [2.05, 4.69) is 5.32 Å². The molecule has 0 spiro atoms. The standard InChI is InChI=1S/C25H19F2NO5/c26-18-8-5-15(6-9-18)11-22(24(29)30)28-25(31)32-14-19-13-17-12-16(7-10-23(17)33-19)20-3-1-2-4-21(20)27/h1-10,12-13,22H,11,14H2,(H,28,31)(H,29,30)/t22-/m1/s1. The quantitative estimate of drug-likeness (QED) is 0.398. The van der Waals surface area contributed by atoms with Gasteiger partial charge in [0.15, 0.2) is 6.61 Å². The Balaban J connectivity index is 1.39. The van der Waals surface area contributed by atoms with Crippen molar-refractivity contribution in [2.24, 2.45) is 0 Å². The maximum atomic E-state index is 14.1. The van der Waals surface area contributed by atoms with Crippen molar-refractivity contribution in [1.82, 2.24) is 5.32 Å². The van der Waals surface area contributed by atoms with Gasteiger partial charge in [0.2, 0.25) is 0 Å². The summed E-state index contributed by atoms with van der Waals surface area (Å²) in [5.41, 5.74) is 2.22. The number of halogens is 2. The number of carboxylic acids is 1. The first kappa shape index (κ1) is 22.0. The third-order valence-electron chi connectivity index (χ3n) is 5.04. The van der Waals surface area contributed by atoms with Crippen LogP contribution in [0.15, 0.2) is 77.2 Å². The van der Waals surface area contributed by atoms with E-state index in [1.165, 1.54) is 30.3 Å². The molecule has 0 bridgehead atoms. The summed E-state index contributed by atoms with van der Waals surface area (Å²) in [6.45, 7) is -0.224. The number of carbonyl (C=O) groups excluding carboxylic acids is 1. The number of alkyl carbamates (subject to hydrolysis) is 1. The smallest absolute Gasteiger partial charge is 0.408 e. The highest BCUT2D eigenvalue weighted by Crippen LogP contribution is 2.28. The highest BCUT2D eigenvalue weighted by molar-refractivity contribution is 5.84. The fraction of sp³-hybridized carbons (Fsp3) is 0.120. The molecule has 0 saturated heterocycles. The van der Waals surface area contributed by atoms with Crippen molar-refractivity contribution in [3.63, 3.8) is 0 Å². The molecule has 0 radical (unpaired) electrons. The lowest BCUT2D eigenvalue weighted by Gasteiger charge is -2.14. The van der Waals surface area contributed by atoms with Crippen LogP contribution in [0.25, 0.3) is 22.1 Å². The summed E-state index contributed by atoms with van der Waals surface area (Å²) in [7, 11) is 0. The molecule has 1 atom stereocenters. The molecule has 0 saturated carbocycles. The molecule has 0 aliphatic rings. The van der Waals surface area contributed by atoms with E-state index in [0.29, 0.717) is 33.4 Å². The van der Waals surface area contributed by atoms with E-state index in [1.807, 2.05) is 0 Å². The lowest BCUT2D eigenvalue weighted by Crippen LogP contribution is -2.42. The van der Waals surface area contributed by atoms with E-state index < -0.39 is 23.9 Å². The first-order valence-electron chi connectivity index (χ1n) is 10.1. The summed E-state index contributed by atoms with van der Waals surface area (Å²) < 4.78 is 37.8. The maximum absolute atomic E-state index is 14.1. The van der Waals surface area contributed by atoms with Gasteiger partial charge >= 0.3 is 12.1 Å². The second kappa shape index (κ2) is 9.52. The molecule has 33 heavy (non-hydrogen) atoms. The van der Waals surface area contributed by atoms with Gasteiger partial charge in [-0.1, -0.05) is 36.4 Å². The summed E-state index contributed by atoms with van der Waals surface area (Å²) in [5, 5.41) is 12.4. The molecule has 2 N–H and O–H groups in total. The molecule has 0 aliphatic heterocycles. The molecular formula is C25H19F2NO5. The molecule has 0 aliphatic carbocycles. The number of aliphatic carboxylic acids is 1. The number of carboxylic acid groups (broad SMARTS) is 1. The summed E-state index contributed by atoms with van der Waals surface area (Å²) >= 11 is 0. The van der Waals surface area contributed by atoms with E-state index in [9.17, 15) is 23.5 Å². The van der Waals surface area contributed by atoms with Crippen molar-refractivity contribution in [1.29, 1.82) is 0 Å². The van der Waals surface area contributed by atoms with Gasteiger partial charge in [0.05, 0.1) is 0 Å². The highest BCUT2D eigenvalue weighted by Gasteiger charge is 2.21. The van der Waals surface area contributed by atoms with E-state index in [1.54, 1.807) is 42.5 Å². The third-order valence-corrected chi connectivity index (χ3v) is 5.04. The normalized spacial score (nSPS) is 11.8. The van der Waals surface area contributed by atoms with Crippen molar-refractivity contribution < 1.29 is 32.6 Å². The lowest BCUT2D eigenvalue weighted by atomic mass is 10.0. The highest BCUT2D eigenvalue weighted by atomic mass is 19.1. The van der Waals surface area contributed by atoms with Gasteiger partial charge in [-0.3, -0.25) is 0 Å². The van der Waals surface area contributed by atoms with Crippen molar-refractivity contribution in [2.75, 3.05) is 0 Å². The Labute approximate surface area is 187 Å². The second-order valence-electron chi connectivity index (χ2n) is 7.39. The number of carbonyl (C=O) groups is 2. The number of nitrogens with one attached hydrogen (secondary N) is 1. The molecule has 168 valence electrons. The number of ether oxygens (including phenoxy) is 1. The van der Waals surface area contributed by atoms with Gasteiger partial charge in [-0.15, -0.1) is 0 Å². The van der Waals surface area contributed by atoms with Crippen LogP contribution in [-0.2, 0) is 22.6 Å². The minimum absolute atomic E-state index is 0.0336. The first-order chi connectivity index (χ1) is 15.9. The predicted molar refractivity (Wildman–Crippen MR) is 116 cm³/mol. The van der Waals surface area contributed by atoms with Crippen LogP contribution in [0.3, 0.4) is 0 Å². The Hall–Kier alpha value is -4.20. The van der Waals surface area contributed by atoms with Gasteiger partial charge in [0.1, 0.15) is 29.0 Å². The molecule has 4 rings (SSSR count). The molecule has 8 heteroatoms. The minimum atomic E-state index is -1.25. The minimum Gasteiger partial charge on any atom is -0.480 e. The summed E-state index contributed by atoms with van der Waals surface area (Å²) in [4.78, 5) is 23.6. The number of furan rings is 1. The van der Waals surface area contributed by atoms with E-state index in [4.69, 9.17) is 9.15 Å². The van der Waals surface area contributed by atoms with Crippen LogP contribution in [0.2, 0.25) is 0 Å². The Bertz CT molecular complexity index is 1300. The third kappa shape index (κ3) is 5.35. The summed E-state index contributed by atoms with van der Waals surface area (Å²) in [6.07, 6.45) is -0.967. The Morgan fingerprint density at radius 3 is 2.48 bits per heavy atom. The molecule has 1 aromatic heterocycles. The van der Waals surface area contributed by atoms with Crippen molar-refractivity contribution in [3.8, 4) is 11.1 Å². The maximum Gasteiger partial charge on any atom is 0.408 e. The number of benzene rings is 3. The second-order valence-corrected chi connectivity index (χ2v) is 7.39. The number of rotatable bonds is 7. The van der Waals surface area contributed by atoms with Crippen molar-refractivity contribution in [2.45, 2.75) is 19.1 Å². The zero-order valence-electron chi connectivity index (χ0n) is 17.3. The molecule has 3 aromatic carbocycles. The topological polar surface area (TPSA) is 88.8 Å². The largest absolute Gasteiger partial charge is 0.480 e. The van der Waals surface area contributed by atoms with Crippen LogP contribution in [0.4, 0.5) is 13.6 Å². The lowest BCUT2D eigenvalue weighted by molar-refractivity contribution is -0.139. The number of fused-ring (bicyclic) bond motifs is 1. The molecule has 1 heterocycles. The van der Waals surface area contributed by atoms with E-state index >= 15 is 0 Å². The first-order valence-corrected chi connectivity index (χ1v) is 10.1. The average molecular weight is 451 g/mol. The fourth-order valence-corrected chi connectivity index (χ4v) is 3.41. The Morgan fingerprint density at radius 2 is 1.76 bits per heavy atom. The van der Waals surface area contributed by atoms with E-state index in [-0.39, 0.29) is 18.8 Å². The van der Waals surface area contributed by atoms with Crippen molar-refractivity contribution in [3.05, 3.63) is 95.8 Å². The van der Waals surface area contributed by atoms with Gasteiger partial charge in [-0.05, 0) is 47.5 Å². The van der Waals surface area contributed by atoms with Gasteiger partial charge in [0.25, 0.3) is 0 Å². The van der Waals surface area contributed by atoms with Crippen LogP contribution in [-0.4, -0.2) is 23.2 Å². The van der Waals surface area contributed by atoms with Crippen LogP contribution in [0, 0.1) is 11.6 Å². The predicted octanol–water partition coefficient (Wildman–Crippen LogP) is 5.30. The zero-order valence-corrected chi connectivity index (χ0v) is 17.3. The van der Waals surface area contributed by atoms with Gasteiger partial charge in [-0.2, -0.15) is 0 Å². The van der Waals surface area contributed by atoms with E-state index in [0.717, 1.165) is 0 Å². The van der Waals surface area contributed by atoms with Crippen LogP contribution in [0.1, 0.15) is 11.3 Å². The molecule has 1 amide bonds. The molecule has 0 unspecified atom stereocenters. The molecular weight excluding hydrogens is 432 g/mol. The van der Waals surface area contributed by atoms with Crippen LogP contribution < -0.4 is 5.32 Å². The van der Waals surface area contributed by atoms with Crippen LogP contribution >= 0.6 is 0 Å². The monoisotopic (exact) mass is 451 g/mol. The number of amides is 1. The van der Waals surface area contributed by atoms with Gasteiger partial charge in [0, 0.05) is 17.4 Å². The summed E-state index contributed by atoms with van der Waals surface area (Å²) in [6, 6.07) is 17.4. The zero-order chi connectivity index (χ0) is 23.4.